The molecule has 0 aromatic heterocycles. The predicted molar refractivity (Wildman–Crippen MR) is 49.8 cm³/mol. The number of carboxylic acids is 4. The van der Waals surface area contributed by atoms with E-state index in [0.717, 1.165) is 0 Å². The van der Waals surface area contributed by atoms with Crippen LogP contribution < -0.4 is 88.7 Å². The topological polar surface area (TPSA) is 149 Å². The minimum absolute atomic E-state index is 0. The van der Waals surface area contributed by atoms with Crippen molar-refractivity contribution in [2.75, 3.05) is 0 Å². The van der Waals surface area contributed by atoms with E-state index in [9.17, 15) is 0 Å². The summed E-state index contributed by atoms with van der Waals surface area (Å²) < 4.78 is 0. The molecule has 0 rings (SSSR count). The van der Waals surface area contributed by atoms with Crippen molar-refractivity contribution in [2.45, 2.75) is 0 Å². The number of carboxylic acid groups (broad SMARTS) is 4. The Kier molecular flexibility index (Phi) is 70.2. The van der Waals surface area contributed by atoms with E-state index in [1.807, 2.05) is 0 Å². The van der Waals surface area contributed by atoms with Gasteiger partial charge in [0.25, 0.3) is 0 Å². The number of carbonyl (C=O) groups is 4. The number of rotatable bonds is 0. The van der Waals surface area contributed by atoms with Gasteiger partial charge in [0, 0.05) is 0 Å². The molecule has 0 aliphatic heterocycles. The van der Waals surface area contributed by atoms with Gasteiger partial charge in [-0.05, 0) is 0 Å². The van der Waals surface area contributed by atoms with Crippen LogP contribution in [-0.2, 0) is 19.2 Å². The Morgan fingerprint density at radius 3 is 0.647 bits per heavy atom. The summed E-state index contributed by atoms with van der Waals surface area (Å²) in [6, 6.07) is 0. The normalized spacial score (nSPS) is 5.18. The Balaban J connectivity index is -0.00000000463. The summed E-state index contributed by atoms with van der Waals surface area (Å²) >= 11 is 0. The fraction of sp³-hybridized carbons (Fsp3) is 0. The number of hydrogen-bond donors (Lipinski definition) is 4. The van der Waals surface area contributed by atoms with Crippen molar-refractivity contribution in [2.24, 2.45) is 0 Å². The molecule has 0 amide bonds. The fourth-order valence-electron chi connectivity index (χ4n) is 0. The summed E-state index contributed by atoms with van der Waals surface area (Å²) in [5.74, 6) is -7.30. The van der Waals surface area contributed by atoms with Gasteiger partial charge in [-0.2, -0.15) is 0 Å². The summed E-state index contributed by atoms with van der Waals surface area (Å²) in [5.41, 5.74) is 0. The SMILES string of the molecule is O=C(O)C(=O)O.O=C(O)C(=O)O.[Ca+2].[H-].[H-].[H-].[H-].[H-].[H-].[H-].[Na+].[Na+].[Na+].[Sr+2]. The van der Waals surface area contributed by atoms with Crippen LogP contribution in [0.25, 0.3) is 0 Å². The standard InChI is InChI=1S/2C2H2O4.Ca.3Na.Sr.7H/c2*3-1(4)2(5)6;;;;;;;;;;;;/h2*(H,3,4)(H,5,6);;;;;;;;;;;;/q;;+2;3*+1;+2;7*-1. The van der Waals surface area contributed by atoms with Crippen LogP contribution in [0.4, 0.5) is 0 Å². The van der Waals surface area contributed by atoms with Gasteiger partial charge < -0.3 is 30.4 Å². The fourth-order valence-corrected chi connectivity index (χ4v) is 0. The molecule has 0 radical (unpaired) electrons. The molecule has 13 heteroatoms. The molecular formula is C4H11CaNa3O8Sr. The van der Waals surface area contributed by atoms with Crippen molar-refractivity contribution < 1.29 is 138 Å². The zero-order valence-corrected chi connectivity index (χ0v) is 21.5. The Morgan fingerprint density at radius 1 is 0.588 bits per heavy atom. The van der Waals surface area contributed by atoms with Crippen LogP contribution in [0, 0.1) is 0 Å². The molecule has 17 heavy (non-hydrogen) atoms. The number of aliphatic carboxylic acids is 4. The van der Waals surface area contributed by atoms with E-state index in [0.29, 0.717) is 0 Å². The van der Waals surface area contributed by atoms with E-state index >= 15 is 0 Å². The van der Waals surface area contributed by atoms with Crippen LogP contribution in [0.5, 0.6) is 0 Å². The second-order valence-corrected chi connectivity index (χ2v) is 1.22. The molecule has 0 aromatic rings. The molecule has 82 valence electrons. The van der Waals surface area contributed by atoms with Crippen LogP contribution in [0.15, 0.2) is 0 Å². The first-order valence-corrected chi connectivity index (χ1v) is 2.21. The maximum Gasteiger partial charge on any atom is 2.00 e. The molecule has 0 saturated heterocycles. The third kappa shape index (κ3) is 45.1. The summed E-state index contributed by atoms with van der Waals surface area (Å²) in [5, 5.41) is 29.6. The quantitative estimate of drug-likeness (QED) is 0.238. The smallest absolute Gasteiger partial charge is 1.00 e. The third-order valence-corrected chi connectivity index (χ3v) is 0.366. The van der Waals surface area contributed by atoms with Gasteiger partial charge in [0.05, 0.1) is 0 Å². The van der Waals surface area contributed by atoms with Crippen molar-refractivity contribution in [3.8, 4) is 0 Å². The Labute approximate surface area is 240 Å². The van der Waals surface area contributed by atoms with E-state index in [4.69, 9.17) is 39.6 Å². The molecule has 0 aliphatic carbocycles. The van der Waals surface area contributed by atoms with Gasteiger partial charge in [0.15, 0.2) is 0 Å². The molecule has 0 aromatic carbocycles. The van der Waals surface area contributed by atoms with Crippen LogP contribution in [0.3, 0.4) is 0 Å². The van der Waals surface area contributed by atoms with Crippen molar-refractivity contribution >= 4 is 107 Å². The molecule has 0 aliphatic rings. The van der Waals surface area contributed by atoms with Crippen LogP contribution in [0.2, 0.25) is 0 Å². The number of hydrogen-bond acceptors (Lipinski definition) is 4. The van der Waals surface area contributed by atoms with E-state index < -0.39 is 23.9 Å². The van der Waals surface area contributed by atoms with Gasteiger partial charge in [-0.15, -0.1) is 0 Å². The summed E-state index contributed by atoms with van der Waals surface area (Å²) in [6.45, 7) is 0. The minimum atomic E-state index is -1.82. The molecule has 0 heterocycles. The minimum Gasteiger partial charge on any atom is -1.00 e. The monoisotopic (exact) mass is 384 g/mol. The van der Waals surface area contributed by atoms with Crippen molar-refractivity contribution in [1.82, 2.24) is 0 Å². The summed E-state index contributed by atoms with van der Waals surface area (Å²) in [7, 11) is 0. The first-order valence-electron chi connectivity index (χ1n) is 2.21. The van der Waals surface area contributed by atoms with Crippen molar-refractivity contribution in [1.29, 1.82) is 0 Å². The Hall–Kier alpha value is 3.62. The van der Waals surface area contributed by atoms with E-state index in [1.165, 1.54) is 0 Å². The average molecular weight is 384 g/mol. The Morgan fingerprint density at radius 2 is 0.647 bits per heavy atom. The molecular weight excluding hydrogens is 373 g/mol. The second kappa shape index (κ2) is 27.9. The molecule has 0 saturated carbocycles. The van der Waals surface area contributed by atoms with Gasteiger partial charge >= 0.3 is 196 Å². The largest absolute Gasteiger partial charge is 2.00 e. The van der Waals surface area contributed by atoms with E-state index in [2.05, 4.69) is 0 Å². The van der Waals surface area contributed by atoms with Gasteiger partial charge in [-0.1, -0.05) is 0 Å². The zero-order chi connectivity index (χ0) is 10.3. The molecule has 4 N–H and O–H groups in total. The first kappa shape index (κ1) is 42.8. The van der Waals surface area contributed by atoms with Crippen molar-refractivity contribution in [3.05, 3.63) is 0 Å². The maximum atomic E-state index is 9.10. The van der Waals surface area contributed by atoms with Gasteiger partial charge in [0.1, 0.15) is 0 Å². The third-order valence-electron chi connectivity index (χ3n) is 0.366. The molecule has 0 fully saturated rings. The maximum absolute atomic E-state index is 9.10. The zero-order valence-electron chi connectivity index (χ0n) is 16.8. The molecule has 0 unspecified atom stereocenters. The average Bonchev–Trinajstić information content (AvgIpc) is 1.88. The van der Waals surface area contributed by atoms with E-state index in [1.54, 1.807) is 0 Å². The van der Waals surface area contributed by atoms with Gasteiger partial charge in [0.2, 0.25) is 0 Å². The first-order chi connectivity index (χ1) is 5.29. The van der Waals surface area contributed by atoms with Crippen LogP contribution in [0.1, 0.15) is 9.99 Å². The van der Waals surface area contributed by atoms with Gasteiger partial charge in [-0.3, -0.25) is 0 Å². The van der Waals surface area contributed by atoms with Crippen LogP contribution >= 0.6 is 0 Å². The van der Waals surface area contributed by atoms with E-state index in [-0.39, 0.29) is 182 Å². The van der Waals surface area contributed by atoms with Crippen molar-refractivity contribution in [3.63, 3.8) is 0 Å². The Bertz CT molecular complexity index is 210. The molecule has 0 atom stereocenters. The van der Waals surface area contributed by atoms with Crippen LogP contribution in [-0.4, -0.2) is 128 Å². The molecule has 0 bridgehead atoms. The summed E-state index contributed by atoms with van der Waals surface area (Å²) in [6.07, 6.45) is 0. The summed E-state index contributed by atoms with van der Waals surface area (Å²) in [4.78, 5) is 36.4. The van der Waals surface area contributed by atoms with Gasteiger partial charge in [-0.25, -0.2) is 19.2 Å². The molecule has 0 spiro atoms. The second-order valence-electron chi connectivity index (χ2n) is 1.22. The predicted octanol–water partition coefficient (Wildman–Crippen LogP) is -10.7. The molecule has 8 nitrogen and oxygen atoms in total.